The Morgan fingerprint density at radius 3 is 2.57 bits per heavy atom. The number of anilines is 3. The summed E-state index contributed by atoms with van der Waals surface area (Å²) in [6.07, 6.45) is 1.55. The summed E-state index contributed by atoms with van der Waals surface area (Å²) in [4.78, 5) is 13.1. The summed E-state index contributed by atoms with van der Waals surface area (Å²) >= 11 is 0. The van der Waals surface area contributed by atoms with Gasteiger partial charge in [-0.05, 0) is 26.0 Å². The van der Waals surface area contributed by atoms with Gasteiger partial charge in [0.05, 0.1) is 11.2 Å². The van der Waals surface area contributed by atoms with E-state index in [1.165, 1.54) is 0 Å². The number of nitrogens with zero attached hydrogens (tertiary/aromatic N) is 3. The number of aryl methyl sites for hydroxylation is 1. The molecule has 0 saturated heterocycles. The number of nitrogens with one attached hydrogen (secondary N) is 2. The third-order valence-electron chi connectivity index (χ3n) is 3.43. The Morgan fingerprint density at radius 1 is 0.952 bits per heavy atom. The zero-order chi connectivity index (χ0) is 14.8. The van der Waals surface area contributed by atoms with Crippen LogP contribution in [0.2, 0.25) is 0 Å². The Kier molecular flexibility index (Phi) is 3.39. The van der Waals surface area contributed by atoms with Crippen molar-refractivity contribution in [1.29, 1.82) is 0 Å². The summed E-state index contributed by atoms with van der Waals surface area (Å²) in [6, 6.07) is 10.2. The first kappa shape index (κ1) is 13.3. The molecule has 0 aliphatic carbocycles. The van der Waals surface area contributed by atoms with E-state index in [2.05, 4.69) is 37.7 Å². The van der Waals surface area contributed by atoms with Crippen molar-refractivity contribution in [2.45, 2.75) is 13.8 Å². The summed E-state index contributed by atoms with van der Waals surface area (Å²) < 4.78 is 0. The van der Waals surface area contributed by atoms with E-state index in [0.29, 0.717) is 0 Å². The van der Waals surface area contributed by atoms with E-state index in [0.717, 1.165) is 39.5 Å². The number of aromatic nitrogens is 3. The quantitative estimate of drug-likeness (QED) is 0.769. The van der Waals surface area contributed by atoms with Crippen LogP contribution in [0.5, 0.6) is 0 Å². The topological polar surface area (TPSA) is 62.7 Å². The molecule has 0 aliphatic heterocycles. The van der Waals surface area contributed by atoms with E-state index in [1.807, 2.05) is 39.1 Å². The molecule has 0 atom stereocenters. The maximum atomic E-state index is 4.62. The minimum absolute atomic E-state index is 0.783. The Hall–Kier alpha value is -2.69. The highest BCUT2D eigenvalue weighted by atomic mass is 15.1. The Balaban J connectivity index is 2.08. The lowest BCUT2D eigenvalue weighted by molar-refractivity contribution is 1.12. The van der Waals surface area contributed by atoms with Crippen LogP contribution < -0.4 is 10.6 Å². The zero-order valence-electron chi connectivity index (χ0n) is 12.3. The molecule has 0 fully saturated rings. The molecule has 2 aromatic heterocycles. The fourth-order valence-electron chi connectivity index (χ4n) is 2.30. The highest BCUT2D eigenvalue weighted by Crippen LogP contribution is 2.27. The molecule has 2 heterocycles. The lowest BCUT2D eigenvalue weighted by atomic mass is 10.1. The molecule has 0 aliphatic rings. The number of pyridine rings is 1. The Morgan fingerprint density at radius 2 is 1.76 bits per heavy atom. The van der Waals surface area contributed by atoms with Gasteiger partial charge in [-0.15, -0.1) is 0 Å². The average molecular weight is 279 g/mol. The predicted octanol–water partition coefficient (Wildman–Crippen LogP) is 3.43. The molecule has 1 aromatic carbocycles. The van der Waals surface area contributed by atoms with Gasteiger partial charge in [0.25, 0.3) is 0 Å². The monoisotopic (exact) mass is 279 g/mol. The minimum Gasteiger partial charge on any atom is -0.373 e. The number of fused-ring (bicyclic) bond motifs is 1. The van der Waals surface area contributed by atoms with Crippen LogP contribution in [0.25, 0.3) is 10.9 Å². The standard InChI is InChI=1S/C16H17N5/c1-10-7-8-12-5-4-6-13(14(12)20-10)21-16-11(2)15(17-3)18-9-19-16/h4-9H,1-3H3,(H2,17,18,19,21). The van der Waals surface area contributed by atoms with Crippen LogP contribution in [0.4, 0.5) is 17.3 Å². The maximum absolute atomic E-state index is 4.62. The Labute approximate surface area is 123 Å². The normalized spacial score (nSPS) is 10.6. The summed E-state index contributed by atoms with van der Waals surface area (Å²) in [7, 11) is 1.85. The van der Waals surface area contributed by atoms with E-state index in [1.54, 1.807) is 6.33 Å². The molecule has 0 radical (unpaired) electrons. The van der Waals surface area contributed by atoms with Crippen LogP contribution in [0, 0.1) is 13.8 Å². The number of benzene rings is 1. The van der Waals surface area contributed by atoms with E-state index < -0.39 is 0 Å². The van der Waals surface area contributed by atoms with Gasteiger partial charge in [-0.25, -0.2) is 9.97 Å². The van der Waals surface area contributed by atoms with E-state index in [-0.39, 0.29) is 0 Å². The fourth-order valence-corrected chi connectivity index (χ4v) is 2.30. The molecule has 0 bridgehead atoms. The third kappa shape index (κ3) is 2.50. The van der Waals surface area contributed by atoms with Gasteiger partial charge in [-0.1, -0.05) is 18.2 Å². The molecule has 2 N–H and O–H groups in total. The van der Waals surface area contributed by atoms with Gasteiger partial charge in [0.2, 0.25) is 0 Å². The van der Waals surface area contributed by atoms with Crippen LogP contribution in [0.3, 0.4) is 0 Å². The smallest absolute Gasteiger partial charge is 0.138 e. The number of rotatable bonds is 3. The lowest BCUT2D eigenvalue weighted by Gasteiger charge is -2.12. The molecule has 5 nitrogen and oxygen atoms in total. The van der Waals surface area contributed by atoms with Crippen LogP contribution in [0.1, 0.15) is 11.3 Å². The molecule has 0 unspecified atom stereocenters. The lowest BCUT2D eigenvalue weighted by Crippen LogP contribution is -2.03. The summed E-state index contributed by atoms with van der Waals surface area (Å²) in [5.41, 5.74) is 3.86. The second-order valence-electron chi connectivity index (χ2n) is 4.90. The molecule has 3 aromatic rings. The zero-order valence-corrected chi connectivity index (χ0v) is 12.3. The van der Waals surface area contributed by atoms with Gasteiger partial charge in [0.15, 0.2) is 0 Å². The minimum atomic E-state index is 0.783. The molecule has 0 saturated carbocycles. The second kappa shape index (κ2) is 5.36. The first-order valence-electron chi connectivity index (χ1n) is 6.82. The molecular weight excluding hydrogens is 262 g/mol. The predicted molar refractivity (Wildman–Crippen MR) is 86.1 cm³/mol. The van der Waals surface area contributed by atoms with Gasteiger partial charge in [0.1, 0.15) is 18.0 Å². The maximum Gasteiger partial charge on any atom is 0.138 e. The van der Waals surface area contributed by atoms with Crippen molar-refractivity contribution in [2.75, 3.05) is 17.7 Å². The van der Waals surface area contributed by atoms with Crippen LogP contribution in [-0.4, -0.2) is 22.0 Å². The fraction of sp³-hybridized carbons (Fsp3) is 0.188. The van der Waals surface area contributed by atoms with Crippen molar-refractivity contribution >= 4 is 28.2 Å². The van der Waals surface area contributed by atoms with E-state index >= 15 is 0 Å². The number of para-hydroxylation sites is 1. The van der Waals surface area contributed by atoms with Crippen molar-refractivity contribution in [1.82, 2.24) is 15.0 Å². The van der Waals surface area contributed by atoms with Crippen LogP contribution in [-0.2, 0) is 0 Å². The summed E-state index contributed by atoms with van der Waals surface area (Å²) in [6.45, 7) is 3.98. The average Bonchev–Trinajstić information content (AvgIpc) is 2.50. The first-order chi connectivity index (χ1) is 10.2. The largest absolute Gasteiger partial charge is 0.373 e. The van der Waals surface area contributed by atoms with Gasteiger partial charge < -0.3 is 10.6 Å². The van der Waals surface area contributed by atoms with Crippen molar-refractivity contribution in [3.63, 3.8) is 0 Å². The SMILES string of the molecule is CNc1ncnc(Nc2cccc3ccc(C)nc23)c1C. The highest BCUT2D eigenvalue weighted by molar-refractivity contribution is 5.92. The van der Waals surface area contributed by atoms with Crippen LogP contribution >= 0.6 is 0 Å². The Bertz CT molecular complexity index is 798. The van der Waals surface area contributed by atoms with Gasteiger partial charge >= 0.3 is 0 Å². The van der Waals surface area contributed by atoms with Crippen molar-refractivity contribution in [2.24, 2.45) is 0 Å². The molecule has 0 spiro atoms. The van der Waals surface area contributed by atoms with Gasteiger partial charge in [-0.2, -0.15) is 0 Å². The highest BCUT2D eigenvalue weighted by Gasteiger charge is 2.08. The third-order valence-corrected chi connectivity index (χ3v) is 3.43. The summed E-state index contributed by atoms with van der Waals surface area (Å²) in [5, 5.41) is 7.53. The van der Waals surface area contributed by atoms with Gasteiger partial charge in [-0.3, -0.25) is 4.98 Å². The molecule has 3 rings (SSSR count). The number of hydrogen-bond donors (Lipinski definition) is 2. The number of hydrogen-bond acceptors (Lipinski definition) is 5. The molecule has 21 heavy (non-hydrogen) atoms. The molecular formula is C16H17N5. The molecule has 106 valence electrons. The summed E-state index contributed by atoms with van der Waals surface area (Å²) in [5.74, 6) is 1.60. The molecule has 5 heteroatoms. The van der Waals surface area contributed by atoms with Crippen molar-refractivity contribution < 1.29 is 0 Å². The van der Waals surface area contributed by atoms with Crippen LogP contribution in [0.15, 0.2) is 36.7 Å². The molecule has 0 amide bonds. The van der Waals surface area contributed by atoms with Crippen molar-refractivity contribution in [3.05, 3.63) is 47.9 Å². The first-order valence-corrected chi connectivity index (χ1v) is 6.82. The van der Waals surface area contributed by atoms with Crippen molar-refractivity contribution in [3.8, 4) is 0 Å². The van der Waals surface area contributed by atoms with E-state index in [4.69, 9.17) is 0 Å². The van der Waals surface area contributed by atoms with Gasteiger partial charge in [0, 0.05) is 23.7 Å². The second-order valence-corrected chi connectivity index (χ2v) is 4.90. The van der Waals surface area contributed by atoms with E-state index in [9.17, 15) is 0 Å².